The van der Waals surface area contributed by atoms with Crippen LogP contribution in [0.2, 0.25) is 0 Å². The third kappa shape index (κ3) is 4.37. The van der Waals surface area contributed by atoms with Crippen LogP contribution in [-0.4, -0.2) is 49.1 Å². The Balaban J connectivity index is 1.67. The molecule has 1 fully saturated rings. The van der Waals surface area contributed by atoms with Gasteiger partial charge in [0.05, 0.1) is 6.61 Å². The maximum Gasteiger partial charge on any atom is 0.303 e. The molecule has 0 spiro atoms. The van der Waals surface area contributed by atoms with Crippen molar-refractivity contribution in [3.8, 4) is 11.1 Å². The number of esters is 3. The molecule has 0 N–H and O–H groups in total. The summed E-state index contributed by atoms with van der Waals surface area (Å²) in [5.41, 5.74) is 3.99. The molecular formula is C24H24O8. The molecule has 1 aliphatic heterocycles. The number of carbonyl (C=O) groups excluding carboxylic acids is 3. The highest BCUT2D eigenvalue weighted by atomic mass is 16.7. The van der Waals surface area contributed by atoms with E-state index in [-0.39, 0.29) is 6.61 Å². The number of hydrogen-bond acceptors (Lipinski definition) is 8. The van der Waals surface area contributed by atoms with Crippen molar-refractivity contribution in [1.29, 1.82) is 0 Å². The molecular weight excluding hydrogens is 416 g/mol. The highest BCUT2D eigenvalue weighted by molar-refractivity contribution is 5.78. The molecule has 2 aliphatic rings. The van der Waals surface area contributed by atoms with Gasteiger partial charge in [0.15, 0.2) is 24.6 Å². The van der Waals surface area contributed by atoms with Gasteiger partial charge in [-0.05, 0) is 22.3 Å². The van der Waals surface area contributed by atoms with Crippen LogP contribution < -0.4 is 0 Å². The summed E-state index contributed by atoms with van der Waals surface area (Å²) >= 11 is 0. The molecule has 0 aromatic heterocycles. The van der Waals surface area contributed by atoms with Gasteiger partial charge in [-0.15, -0.1) is 0 Å². The van der Waals surface area contributed by atoms with Gasteiger partial charge in [-0.3, -0.25) is 14.4 Å². The molecule has 0 saturated carbocycles. The maximum absolute atomic E-state index is 11.9. The Morgan fingerprint density at radius 1 is 0.750 bits per heavy atom. The van der Waals surface area contributed by atoms with Crippen LogP contribution in [0, 0.1) is 0 Å². The lowest BCUT2D eigenvalue weighted by atomic mass is 10.0. The van der Waals surface area contributed by atoms with E-state index in [9.17, 15) is 14.4 Å². The Labute approximate surface area is 185 Å². The number of carbonyl (C=O) groups is 3. The van der Waals surface area contributed by atoms with Gasteiger partial charge in [0, 0.05) is 20.8 Å². The highest BCUT2D eigenvalue weighted by Gasteiger charge is 2.49. The molecule has 0 amide bonds. The lowest BCUT2D eigenvalue weighted by molar-refractivity contribution is -0.288. The Hall–Kier alpha value is -3.23. The lowest BCUT2D eigenvalue weighted by Gasteiger charge is -2.41. The largest absolute Gasteiger partial charge is 0.456 e. The second-order valence-corrected chi connectivity index (χ2v) is 7.69. The van der Waals surface area contributed by atoms with Crippen molar-refractivity contribution < 1.29 is 38.1 Å². The Bertz CT molecular complexity index is 987. The minimum Gasteiger partial charge on any atom is -0.456 e. The van der Waals surface area contributed by atoms with Gasteiger partial charge in [0.2, 0.25) is 0 Å². The molecule has 168 valence electrons. The number of rotatable bonds is 5. The van der Waals surface area contributed by atoms with Crippen LogP contribution in [0.5, 0.6) is 0 Å². The van der Waals surface area contributed by atoms with Crippen LogP contribution in [0.15, 0.2) is 48.5 Å². The lowest BCUT2D eigenvalue weighted by Crippen LogP contribution is -2.58. The SMILES string of the molecule is CC(=O)O[C@@H]1[C@@H](OC(C)=O)[C@@H](OC2c3ccccc3-c3ccccc32)OC[C@@H]1OC(C)=O. The second kappa shape index (κ2) is 9.10. The van der Waals surface area contributed by atoms with E-state index in [1.54, 1.807) is 0 Å². The minimum atomic E-state index is -1.13. The summed E-state index contributed by atoms with van der Waals surface area (Å²) in [6.07, 6.45) is -4.68. The van der Waals surface area contributed by atoms with Crippen molar-refractivity contribution >= 4 is 17.9 Å². The second-order valence-electron chi connectivity index (χ2n) is 7.69. The van der Waals surface area contributed by atoms with E-state index in [0.717, 1.165) is 22.3 Å². The van der Waals surface area contributed by atoms with E-state index < -0.39 is 48.6 Å². The van der Waals surface area contributed by atoms with Crippen LogP contribution in [0.1, 0.15) is 38.0 Å². The van der Waals surface area contributed by atoms with E-state index in [2.05, 4.69) is 0 Å². The van der Waals surface area contributed by atoms with Gasteiger partial charge in [-0.1, -0.05) is 48.5 Å². The summed E-state index contributed by atoms with van der Waals surface area (Å²) in [5.74, 6) is -1.79. The van der Waals surface area contributed by atoms with Crippen LogP contribution in [-0.2, 0) is 38.1 Å². The monoisotopic (exact) mass is 440 g/mol. The molecule has 4 atom stereocenters. The molecule has 2 aromatic carbocycles. The van der Waals surface area contributed by atoms with Gasteiger partial charge >= 0.3 is 17.9 Å². The van der Waals surface area contributed by atoms with Gasteiger partial charge in [-0.2, -0.15) is 0 Å². The number of ether oxygens (including phenoxy) is 5. The smallest absolute Gasteiger partial charge is 0.303 e. The van der Waals surface area contributed by atoms with Crippen LogP contribution >= 0.6 is 0 Å². The average molecular weight is 440 g/mol. The summed E-state index contributed by atoms with van der Waals surface area (Å²) in [7, 11) is 0. The predicted molar refractivity (Wildman–Crippen MR) is 111 cm³/mol. The first-order valence-corrected chi connectivity index (χ1v) is 10.3. The molecule has 0 radical (unpaired) electrons. The van der Waals surface area contributed by atoms with Gasteiger partial charge in [0.25, 0.3) is 0 Å². The maximum atomic E-state index is 11.9. The minimum absolute atomic E-state index is 0.0873. The molecule has 8 nitrogen and oxygen atoms in total. The zero-order chi connectivity index (χ0) is 22.8. The third-order valence-corrected chi connectivity index (χ3v) is 5.35. The van der Waals surface area contributed by atoms with Crippen LogP contribution in [0.4, 0.5) is 0 Å². The zero-order valence-corrected chi connectivity index (χ0v) is 18.0. The van der Waals surface area contributed by atoms with Gasteiger partial charge < -0.3 is 23.7 Å². The van der Waals surface area contributed by atoms with Crippen molar-refractivity contribution in [2.45, 2.75) is 51.5 Å². The first-order valence-electron chi connectivity index (χ1n) is 10.3. The summed E-state index contributed by atoms with van der Waals surface area (Å²) in [4.78, 5) is 35.2. The van der Waals surface area contributed by atoms with Crippen molar-refractivity contribution in [3.05, 3.63) is 59.7 Å². The summed E-state index contributed by atoms with van der Waals surface area (Å²) < 4.78 is 28.3. The molecule has 0 unspecified atom stereocenters. The first kappa shape index (κ1) is 22.0. The van der Waals surface area contributed by atoms with Gasteiger partial charge in [-0.25, -0.2) is 0 Å². The molecule has 8 heteroatoms. The van der Waals surface area contributed by atoms with Crippen molar-refractivity contribution in [2.75, 3.05) is 6.61 Å². The third-order valence-electron chi connectivity index (χ3n) is 5.35. The van der Waals surface area contributed by atoms with Crippen LogP contribution in [0.25, 0.3) is 11.1 Å². The zero-order valence-electron chi connectivity index (χ0n) is 18.0. The standard InChI is InChI=1S/C24H24O8/c1-13(25)29-20-12-28-24(23(31-15(3)27)22(20)30-14(2)26)32-21-18-10-6-4-8-16(18)17-9-5-7-11-19(17)21/h4-11,20-24H,12H2,1-3H3/t20-,22-,23+,24+/m0/s1. The Morgan fingerprint density at radius 2 is 1.25 bits per heavy atom. The topological polar surface area (TPSA) is 97.4 Å². The number of benzene rings is 2. The summed E-state index contributed by atoms with van der Waals surface area (Å²) in [6.45, 7) is 3.61. The molecule has 1 saturated heterocycles. The number of fused-ring (bicyclic) bond motifs is 3. The Kier molecular flexibility index (Phi) is 6.25. The fraction of sp³-hybridized carbons (Fsp3) is 0.375. The predicted octanol–water partition coefficient (Wildman–Crippen LogP) is 2.92. The van der Waals surface area contributed by atoms with E-state index >= 15 is 0 Å². The van der Waals surface area contributed by atoms with E-state index in [0.29, 0.717) is 0 Å². The average Bonchev–Trinajstić information content (AvgIpc) is 3.05. The van der Waals surface area contributed by atoms with E-state index in [4.69, 9.17) is 23.7 Å². The van der Waals surface area contributed by atoms with E-state index in [1.807, 2.05) is 48.5 Å². The quantitative estimate of drug-likeness (QED) is 0.517. The van der Waals surface area contributed by atoms with E-state index in [1.165, 1.54) is 20.8 Å². The van der Waals surface area contributed by atoms with Crippen molar-refractivity contribution in [1.82, 2.24) is 0 Å². The molecule has 0 bridgehead atoms. The number of hydrogen-bond donors (Lipinski definition) is 0. The Morgan fingerprint density at radius 3 is 1.78 bits per heavy atom. The fourth-order valence-electron chi connectivity index (χ4n) is 4.22. The summed E-state index contributed by atoms with van der Waals surface area (Å²) in [6, 6.07) is 15.7. The molecule has 32 heavy (non-hydrogen) atoms. The van der Waals surface area contributed by atoms with Crippen molar-refractivity contribution in [3.63, 3.8) is 0 Å². The molecule has 4 rings (SSSR count). The first-order chi connectivity index (χ1) is 15.3. The van der Waals surface area contributed by atoms with Gasteiger partial charge in [0.1, 0.15) is 6.10 Å². The van der Waals surface area contributed by atoms with Crippen molar-refractivity contribution in [2.24, 2.45) is 0 Å². The summed E-state index contributed by atoms with van der Waals surface area (Å²) in [5, 5.41) is 0. The fourth-order valence-corrected chi connectivity index (χ4v) is 4.22. The normalized spacial score (nSPS) is 24.2. The van der Waals surface area contributed by atoms with Crippen LogP contribution in [0.3, 0.4) is 0 Å². The molecule has 2 aromatic rings. The molecule has 1 heterocycles. The highest BCUT2D eigenvalue weighted by Crippen LogP contribution is 2.46. The molecule has 1 aliphatic carbocycles.